The highest BCUT2D eigenvalue weighted by Crippen LogP contribution is 2.19. The number of aldehydes is 1. The van der Waals surface area contributed by atoms with Gasteiger partial charge in [0.2, 0.25) is 0 Å². The van der Waals surface area contributed by atoms with E-state index >= 15 is 0 Å². The molecule has 6 N–H and O–H groups in total. The highest BCUT2D eigenvalue weighted by atomic mass is 16.2. The molecule has 10 nitrogen and oxygen atoms in total. The summed E-state index contributed by atoms with van der Waals surface area (Å²) in [7, 11) is 0. The summed E-state index contributed by atoms with van der Waals surface area (Å²) in [4.78, 5) is 61.4. The minimum atomic E-state index is -0.833. The zero-order valence-corrected chi connectivity index (χ0v) is 20.5. The molecule has 0 aromatic heterocycles. The molecule has 0 radical (unpaired) electrons. The maximum Gasteiger partial charge on any atom is 0.319 e. The van der Waals surface area contributed by atoms with Gasteiger partial charge < -0.3 is 26.9 Å². The molecule has 0 saturated heterocycles. The van der Waals surface area contributed by atoms with Crippen LogP contribution in [-0.2, 0) is 19.2 Å². The number of nitrogens with two attached hydrogens (primary N) is 2. The normalized spacial score (nSPS) is 14.3. The van der Waals surface area contributed by atoms with Crippen LogP contribution >= 0.6 is 0 Å². The third-order valence-electron chi connectivity index (χ3n) is 3.51. The summed E-state index contributed by atoms with van der Waals surface area (Å²) in [5, 5.41) is 5.40. The van der Waals surface area contributed by atoms with E-state index < -0.39 is 6.03 Å². The fraction of sp³-hybridized carbons (Fsp3) is 0.636. The van der Waals surface area contributed by atoms with Gasteiger partial charge in [-0.25, -0.2) is 9.59 Å². The van der Waals surface area contributed by atoms with Gasteiger partial charge in [0.15, 0.2) is 5.78 Å². The van der Waals surface area contributed by atoms with E-state index in [0.717, 1.165) is 12.7 Å². The van der Waals surface area contributed by atoms with Gasteiger partial charge in [0.25, 0.3) is 0 Å². The number of hydrogen-bond acceptors (Lipinski definition) is 6. The zero-order chi connectivity index (χ0) is 26.0. The third-order valence-corrected chi connectivity index (χ3v) is 3.51. The number of carbonyl (C=O) groups is 6. The monoisotopic (exact) mass is 456 g/mol. The predicted molar refractivity (Wildman–Crippen MR) is 124 cm³/mol. The van der Waals surface area contributed by atoms with Crippen molar-refractivity contribution >= 4 is 35.7 Å². The summed E-state index contributed by atoms with van der Waals surface area (Å²) >= 11 is 0. The van der Waals surface area contributed by atoms with Crippen molar-refractivity contribution in [2.24, 2.45) is 23.3 Å². The number of urea groups is 2. The standard InChI is InChI=1S/C11H18N2O2.C5H8O2.C5H10O.CH4N2O/c1-6(2)5-9-10(8(4)14)7(3)12-11(15)13-9;1-4(6)3-5(2)7;1-5(2)3-4-6;2-1(3)4/h6,9H,5H2,1-4H3,(H2,12,13,15);3H2,1-2H3;4-5H,3H2,1-2H3;(H4,2,3,4). The fourth-order valence-corrected chi connectivity index (χ4v) is 2.47. The molecule has 1 rings (SSSR count). The molecular formula is C22H40N4O6. The summed E-state index contributed by atoms with van der Waals surface area (Å²) in [6, 6.07) is -1.20. The van der Waals surface area contributed by atoms with E-state index in [-0.39, 0.29) is 35.8 Å². The average Bonchev–Trinajstić information content (AvgIpc) is 2.51. The SMILES string of the molecule is CC(=O)C1=C(C)NC(=O)NC1CC(C)C.CC(=O)CC(C)=O.CC(C)CC=O.NC(N)=O. The third kappa shape index (κ3) is 23.2. The van der Waals surface area contributed by atoms with Gasteiger partial charge in [-0.3, -0.25) is 14.4 Å². The lowest BCUT2D eigenvalue weighted by Gasteiger charge is -2.28. The van der Waals surface area contributed by atoms with Gasteiger partial charge in [-0.1, -0.05) is 27.7 Å². The van der Waals surface area contributed by atoms with Crippen LogP contribution in [0.25, 0.3) is 0 Å². The first-order valence-corrected chi connectivity index (χ1v) is 10.3. The molecule has 4 amide bonds. The molecule has 1 aliphatic rings. The second-order valence-corrected chi connectivity index (χ2v) is 8.15. The van der Waals surface area contributed by atoms with Crippen LogP contribution in [0.5, 0.6) is 0 Å². The van der Waals surface area contributed by atoms with Gasteiger partial charge in [0, 0.05) is 17.7 Å². The van der Waals surface area contributed by atoms with Crippen LogP contribution < -0.4 is 22.1 Å². The largest absolute Gasteiger partial charge is 0.352 e. The van der Waals surface area contributed by atoms with Crippen molar-refractivity contribution in [1.29, 1.82) is 0 Å². The first-order chi connectivity index (χ1) is 14.5. The van der Waals surface area contributed by atoms with Crippen molar-refractivity contribution in [2.75, 3.05) is 0 Å². The van der Waals surface area contributed by atoms with Gasteiger partial charge in [0.05, 0.1) is 12.5 Å². The van der Waals surface area contributed by atoms with E-state index in [1.54, 1.807) is 6.92 Å². The first-order valence-electron chi connectivity index (χ1n) is 10.3. The Bertz CT molecular complexity index is 668. The lowest BCUT2D eigenvalue weighted by atomic mass is 9.92. The number of nitrogens with one attached hydrogen (secondary N) is 2. The maximum atomic E-state index is 11.5. The molecule has 1 atom stereocenters. The van der Waals surface area contributed by atoms with Crippen molar-refractivity contribution in [3.8, 4) is 0 Å². The summed E-state index contributed by atoms with van der Waals surface area (Å²) < 4.78 is 0. The number of carbonyl (C=O) groups excluding carboxylic acids is 6. The van der Waals surface area contributed by atoms with Crippen LogP contribution in [0, 0.1) is 11.8 Å². The summed E-state index contributed by atoms with van der Waals surface area (Å²) in [6.45, 7) is 14.3. The lowest BCUT2D eigenvalue weighted by Crippen LogP contribution is -2.49. The van der Waals surface area contributed by atoms with Crippen LogP contribution in [-0.4, -0.2) is 41.7 Å². The molecule has 0 aliphatic carbocycles. The summed E-state index contributed by atoms with van der Waals surface area (Å²) in [5.41, 5.74) is 9.88. The molecule has 0 spiro atoms. The average molecular weight is 457 g/mol. The molecule has 0 aromatic rings. The minimum absolute atomic E-state index is 0.0191. The van der Waals surface area contributed by atoms with Crippen LogP contribution in [0.4, 0.5) is 9.59 Å². The minimum Gasteiger partial charge on any atom is -0.352 e. The molecule has 184 valence electrons. The van der Waals surface area contributed by atoms with Crippen LogP contribution in [0.2, 0.25) is 0 Å². The number of Topliss-reactive ketones (excluding diaryl/α,β-unsaturated/α-hetero) is 3. The Labute approximate surface area is 190 Å². The van der Waals surface area contributed by atoms with Crippen molar-refractivity contribution < 1.29 is 28.8 Å². The molecular weight excluding hydrogens is 416 g/mol. The summed E-state index contributed by atoms with van der Waals surface area (Å²) in [5.74, 6) is 0.865. The number of primary amides is 2. The van der Waals surface area contributed by atoms with Crippen LogP contribution in [0.3, 0.4) is 0 Å². The Hall–Kier alpha value is -3.04. The van der Waals surface area contributed by atoms with Crippen molar-refractivity contribution in [3.05, 3.63) is 11.3 Å². The Balaban J connectivity index is -0.000000412. The Morgan fingerprint density at radius 2 is 1.41 bits per heavy atom. The molecule has 1 aliphatic heterocycles. The second kappa shape index (κ2) is 18.7. The Morgan fingerprint density at radius 3 is 1.62 bits per heavy atom. The quantitative estimate of drug-likeness (QED) is 0.337. The number of allylic oxidation sites excluding steroid dienone is 1. The van der Waals surface area contributed by atoms with Gasteiger partial charge in [-0.15, -0.1) is 0 Å². The molecule has 10 heteroatoms. The molecule has 0 bridgehead atoms. The van der Waals surface area contributed by atoms with Crippen molar-refractivity contribution in [1.82, 2.24) is 10.6 Å². The van der Waals surface area contributed by atoms with Gasteiger partial charge in [-0.05, 0) is 46.0 Å². The lowest BCUT2D eigenvalue weighted by molar-refractivity contribution is -0.124. The van der Waals surface area contributed by atoms with E-state index in [1.165, 1.54) is 20.8 Å². The topological polar surface area (TPSA) is 179 Å². The van der Waals surface area contributed by atoms with E-state index in [4.69, 9.17) is 4.79 Å². The van der Waals surface area contributed by atoms with Crippen molar-refractivity contribution in [3.63, 3.8) is 0 Å². The number of ketones is 3. The van der Waals surface area contributed by atoms with E-state index in [0.29, 0.717) is 29.5 Å². The van der Waals surface area contributed by atoms with E-state index in [9.17, 15) is 24.0 Å². The fourth-order valence-electron chi connectivity index (χ4n) is 2.47. The smallest absolute Gasteiger partial charge is 0.319 e. The Morgan fingerprint density at radius 1 is 0.969 bits per heavy atom. The van der Waals surface area contributed by atoms with Crippen LogP contribution in [0.1, 0.15) is 74.7 Å². The highest BCUT2D eigenvalue weighted by molar-refractivity contribution is 5.98. The number of hydrogen-bond donors (Lipinski definition) is 4. The van der Waals surface area contributed by atoms with E-state index in [2.05, 4.69) is 35.9 Å². The highest BCUT2D eigenvalue weighted by Gasteiger charge is 2.27. The van der Waals surface area contributed by atoms with Gasteiger partial charge >= 0.3 is 12.1 Å². The molecule has 1 heterocycles. The molecule has 0 saturated carbocycles. The maximum absolute atomic E-state index is 11.5. The number of rotatable bonds is 7. The predicted octanol–water partition coefficient (Wildman–Crippen LogP) is 2.39. The second-order valence-electron chi connectivity index (χ2n) is 8.15. The zero-order valence-electron chi connectivity index (χ0n) is 20.5. The molecule has 0 fully saturated rings. The first kappa shape index (κ1) is 33.6. The van der Waals surface area contributed by atoms with Gasteiger partial charge in [0.1, 0.15) is 17.9 Å². The number of amides is 4. The summed E-state index contributed by atoms with van der Waals surface area (Å²) in [6.07, 6.45) is 2.52. The molecule has 32 heavy (non-hydrogen) atoms. The Kier molecular flexibility index (Phi) is 19.6. The van der Waals surface area contributed by atoms with Crippen molar-refractivity contribution in [2.45, 2.75) is 80.7 Å². The van der Waals surface area contributed by atoms with E-state index in [1.807, 2.05) is 13.8 Å². The van der Waals surface area contributed by atoms with Crippen LogP contribution in [0.15, 0.2) is 11.3 Å². The molecule has 0 aromatic carbocycles. The van der Waals surface area contributed by atoms with Gasteiger partial charge in [-0.2, -0.15) is 0 Å². The molecule has 1 unspecified atom stereocenters.